The number of hydrogen-bond donors (Lipinski definition) is 1. The van der Waals surface area contributed by atoms with Crippen LogP contribution in [0.25, 0.3) is 0 Å². The van der Waals surface area contributed by atoms with Gasteiger partial charge in [0.1, 0.15) is 11.6 Å². The molecule has 0 saturated carbocycles. The SMILES string of the molecule is COc1ccc(NC(=O)N2CCN(CCN(Cc3ccc(F)cc3)C(=O)CC(C)(C)C)CC2)cc1. The molecule has 190 valence electrons. The highest BCUT2D eigenvalue weighted by atomic mass is 19.1. The number of rotatable bonds is 8. The minimum absolute atomic E-state index is 0.0966. The van der Waals surface area contributed by atoms with Gasteiger partial charge in [-0.1, -0.05) is 32.9 Å². The Kier molecular flexibility index (Phi) is 9.09. The molecule has 0 radical (unpaired) electrons. The maximum atomic E-state index is 13.3. The van der Waals surface area contributed by atoms with Crippen molar-refractivity contribution in [2.24, 2.45) is 5.41 Å². The summed E-state index contributed by atoms with van der Waals surface area (Å²) in [6, 6.07) is 13.5. The quantitative estimate of drug-likeness (QED) is 0.601. The third kappa shape index (κ3) is 8.55. The number of nitrogens with zero attached hydrogens (tertiary/aromatic N) is 3. The number of ether oxygens (including phenoxy) is 1. The van der Waals surface area contributed by atoms with Gasteiger partial charge in [0.25, 0.3) is 0 Å². The third-order valence-electron chi connectivity index (χ3n) is 6.01. The summed E-state index contributed by atoms with van der Waals surface area (Å²) in [5, 5.41) is 2.93. The van der Waals surface area contributed by atoms with Crippen LogP contribution in [0, 0.1) is 11.2 Å². The number of carbonyl (C=O) groups is 2. The van der Waals surface area contributed by atoms with Crippen molar-refractivity contribution >= 4 is 17.6 Å². The molecule has 1 fully saturated rings. The van der Waals surface area contributed by atoms with Gasteiger partial charge in [0.15, 0.2) is 0 Å². The van der Waals surface area contributed by atoms with Crippen LogP contribution in [0.5, 0.6) is 5.75 Å². The van der Waals surface area contributed by atoms with E-state index in [2.05, 4.69) is 31.0 Å². The fraction of sp³-hybridized carbons (Fsp3) is 0.481. The fourth-order valence-electron chi connectivity index (χ4n) is 3.98. The number of urea groups is 1. The predicted octanol–water partition coefficient (Wildman–Crippen LogP) is 4.45. The summed E-state index contributed by atoms with van der Waals surface area (Å²) < 4.78 is 18.5. The molecule has 0 bridgehead atoms. The normalized spacial score (nSPS) is 14.5. The largest absolute Gasteiger partial charge is 0.497 e. The van der Waals surface area contributed by atoms with Crippen molar-refractivity contribution in [3.05, 3.63) is 59.9 Å². The van der Waals surface area contributed by atoms with Crippen LogP contribution in [-0.2, 0) is 11.3 Å². The van der Waals surface area contributed by atoms with E-state index in [0.29, 0.717) is 32.6 Å². The zero-order chi connectivity index (χ0) is 25.4. The summed E-state index contributed by atoms with van der Waals surface area (Å²) in [6.45, 7) is 10.7. The number of nitrogens with one attached hydrogen (secondary N) is 1. The zero-order valence-electron chi connectivity index (χ0n) is 21.2. The van der Waals surface area contributed by atoms with Crippen molar-refractivity contribution in [2.45, 2.75) is 33.7 Å². The van der Waals surface area contributed by atoms with Crippen molar-refractivity contribution in [3.8, 4) is 5.75 Å². The Morgan fingerprint density at radius 2 is 1.63 bits per heavy atom. The molecule has 0 unspecified atom stereocenters. The molecule has 1 heterocycles. The summed E-state index contributed by atoms with van der Waals surface area (Å²) in [4.78, 5) is 31.6. The molecule has 7 nitrogen and oxygen atoms in total. The number of piperazine rings is 1. The monoisotopic (exact) mass is 484 g/mol. The van der Waals surface area contributed by atoms with Crippen molar-refractivity contribution < 1.29 is 18.7 Å². The number of halogens is 1. The van der Waals surface area contributed by atoms with Crippen LogP contribution in [0.1, 0.15) is 32.8 Å². The van der Waals surface area contributed by atoms with Gasteiger partial charge in [-0.2, -0.15) is 0 Å². The predicted molar refractivity (Wildman–Crippen MR) is 136 cm³/mol. The van der Waals surface area contributed by atoms with Crippen LogP contribution >= 0.6 is 0 Å². The zero-order valence-corrected chi connectivity index (χ0v) is 21.2. The van der Waals surface area contributed by atoms with Gasteiger partial charge in [0, 0.05) is 57.9 Å². The fourth-order valence-corrected chi connectivity index (χ4v) is 3.98. The molecule has 2 aromatic rings. The second-order valence-corrected chi connectivity index (χ2v) is 10.2. The number of amides is 3. The third-order valence-corrected chi connectivity index (χ3v) is 6.01. The van der Waals surface area contributed by atoms with Crippen LogP contribution < -0.4 is 10.1 Å². The molecule has 0 aromatic heterocycles. The molecule has 1 N–H and O–H groups in total. The Hall–Kier alpha value is -3.13. The Morgan fingerprint density at radius 1 is 1.00 bits per heavy atom. The molecule has 0 atom stereocenters. The minimum Gasteiger partial charge on any atom is -0.497 e. The van der Waals surface area contributed by atoms with Gasteiger partial charge in [-0.15, -0.1) is 0 Å². The Labute approximate surface area is 207 Å². The number of benzene rings is 2. The lowest BCUT2D eigenvalue weighted by atomic mass is 9.91. The molecule has 8 heteroatoms. The highest BCUT2D eigenvalue weighted by molar-refractivity contribution is 5.89. The van der Waals surface area contributed by atoms with Gasteiger partial charge in [0.2, 0.25) is 5.91 Å². The van der Waals surface area contributed by atoms with Crippen LogP contribution in [0.15, 0.2) is 48.5 Å². The summed E-state index contributed by atoms with van der Waals surface area (Å²) >= 11 is 0. The van der Waals surface area contributed by atoms with Gasteiger partial charge >= 0.3 is 6.03 Å². The van der Waals surface area contributed by atoms with Crippen molar-refractivity contribution in [1.29, 1.82) is 0 Å². The lowest BCUT2D eigenvalue weighted by molar-refractivity contribution is -0.134. The van der Waals surface area contributed by atoms with E-state index in [-0.39, 0.29) is 23.2 Å². The Bertz CT molecular complexity index is 965. The highest BCUT2D eigenvalue weighted by Gasteiger charge is 2.24. The van der Waals surface area contributed by atoms with Gasteiger partial charge in [0.05, 0.1) is 7.11 Å². The lowest BCUT2D eigenvalue weighted by Crippen LogP contribution is -2.51. The topological polar surface area (TPSA) is 65.1 Å². The molecule has 2 aromatic carbocycles. The average molecular weight is 485 g/mol. The van der Waals surface area contributed by atoms with E-state index < -0.39 is 0 Å². The molecule has 3 amide bonds. The molecule has 35 heavy (non-hydrogen) atoms. The first-order valence-corrected chi connectivity index (χ1v) is 12.1. The van der Waals surface area contributed by atoms with Gasteiger partial charge < -0.3 is 19.9 Å². The lowest BCUT2D eigenvalue weighted by Gasteiger charge is -2.36. The van der Waals surface area contributed by atoms with Crippen LogP contribution in [-0.4, -0.2) is 73.0 Å². The van der Waals surface area contributed by atoms with E-state index in [1.54, 1.807) is 19.2 Å². The first kappa shape index (κ1) is 26.5. The van der Waals surface area contributed by atoms with Gasteiger partial charge in [-0.25, -0.2) is 9.18 Å². The van der Waals surface area contributed by atoms with Crippen molar-refractivity contribution in [2.75, 3.05) is 51.7 Å². The smallest absolute Gasteiger partial charge is 0.321 e. The van der Waals surface area contributed by atoms with Gasteiger partial charge in [-0.05, 0) is 47.4 Å². The van der Waals surface area contributed by atoms with Gasteiger partial charge in [-0.3, -0.25) is 9.69 Å². The standard InChI is InChI=1S/C27H37FN4O3/c1-27(2,3)19-25(33)32(20-21-5-7-22(28)8-6-21)18-15-30-13-16-31(17-14-30)26(34)29-23-9-11-24(35-4)12-10-23/h5-12H,13-20H2,1-4H3,(H,29,34). The summed E-state index contributed by atoms with van der Waals surface area (Å²) in [7, 11) is 1.61. The molecule has 0 aliphatic carbocycles. The Morgan fingerprint density at radius 3 is 2.20 bits per heavy atom. The number of anilines is 1. The minimum atomic E-state index is -0.282. The van der Waals surface area contributed by atoms with E-state index in [0.717, 1.165) is 36.6 Å². The first-order chi connectivity index (χ1) is 16.6. The maximum absolute atomic E-state index is 13.3. The van der Waals surface area contributed by atoms with Crippen LogP contribution in [0.2, 0.25) is 0 Å². The molecular weight excluding hydrogens is 447 g/mol. The number of methoxy groups -OCH3 is 1. The number of carbonyl (C=O) groups excluding carboxylic acids is 2. The number of hydrogen-bond acceptors (Lipinski definition) is 4. The molecule has 1 aliphatic rings. The van der Waals surface area contributed by atoms with E-state index >= 15 is 0 Å². The summed E-state index contributed by atoms with van der Waals surface area (Å²) in [6.07, 6.45) is 0.452. The molecule has 3 rings (SSSR count). The van der Waals surface area contributed by atoms with E-state index in [9.17, 15) is 14.0 Å². The van der Waals surface area contributed by atoms with Crippen molar-refractivity contribution in [3.63, 3.8) is 0 Å². The summed E-state index contributed by atoms with van der Waals surface area (Å²) in [5.74, 6) is 0.556. The van der Waals surface area contributed by atoms with E-state index in [4.69, 9.17) is 4.74 Å². The van der Waals surface area contributed by atoms with Crippen LogP contribution in [0.3, 0.4) is 0 Å². The second-order valence-electron chi connectivity index (χ2n) is 10.2. The Balaban J connectivity index is 1.50. The molecule has 1 saturated heterocycles. The maximum Gasteiger partial charge on any atom is 0.321 e. The first-order valence-electron chi connectivity index (χ1n) is 12.1. The second kappa shape index (κ2) is 12.0. The molecule has 0 spiro atoms. The molecular formula is C27H37FN4O3. The van der Waals surface area contributed by atoms with E-state index in [1.807, 2.05) is 34.1 Å². The highest BCUT2D eigenvalue weighted by Crippen LogP contribution is 2.21. The molecule has 1 aliphatic heterocycles. The van der Waals surface area contributed by atoms with Crippen molar-refractivity contribution in [1.82, 2.24) is 14.7 Å². The summed E-state index contributed by atoms with van der Waals surface area (Å²) in [5.41, 5.74) is 1.53. The van der Waals surface area contributed by atoms with E-state index in [1.165, 1.54) is 12.1 Å². The average Bonchev–Trinajstić information content (AvgIpc) is 2.82. The van der Waals surface area contributed by atoms with Crippen LogP contribution in [0.4, 0.5) is 14.9 Å².